The van der Waals surface area contributed by atoms with Gasteiger partial charge in [-0.2, -0.15) is 18.0 Å². The van der Waals surface area contributed by atoms with Gasteiger partial charge in [-0.25, -0.2) is 4.79 Å². The molecule has 22 heavy (non-hydrogen) atoms. The van der Waals surface area contributed by atoms with E-state index in [0.29, 0.717) is 0 Å². The Labute approximate surface area is 123 Å². The maximum Gasteiger partial charge on any atom is 0.416 e. The Morgan fingerprint density at radius 3 is 2.73 bits per heavy atom. The number of carbonyl (C=O) groups is 1. The molecule has 0 radical (unpaired) electrons. The lowest BCUT2D eigenvalue weighted by atomic mass is 10.1. The molecule has 2 rings (SSSR count). The van der Waals surface area contributed by atoms with Crippen molar-refractivity contribution in [2.24, 2.45) is 0 Å². The van der Waals surface area contributed by atoms with E-state index in [1.807, 2.05) is 0 Å². The average molecular weight is 314 g/mol. The molecule has 0 bridgehead atoms. The van der Waals surface area contributed by atoms with Gasteiger partial charge in [-0.3, -0.25) is 0 Å². The van der Waals surface area contributed by atoms with E-state index in [9.17, 15) is 18.0 Å². The summed E-state index contributed by atoms with van der Waals surface area (Å²) in [4.78, 5) is 12.4. The highest BCUT2D eigenvalue weighted by molar-refractivity contribution is 5.69. The Morgan fingerprint density at radius 1 is 1.36 bits per heavy atom. The summed E-state index contributed by atoms with van der Waals surface area (Å²) in [6.45, 7) is 3.13. The zero-order valence-electron chi connectivity index (χ0n) is 11.8. The van der Waals surface area contributed by atoms with Crippen molar-refractivity contribution in [3.05, 3.63) is 29.8 Å². The quantitative estimate of drug-likeness (QED) is 0.810. The third-order valence-corrected chi connectivity index (χ3v) is 2.54. The van der Waals surface area contributed by atoms with Crippen LogP contribution in [0.5, 0.6) is 0 Å². The number of esters is 1. The van der Waals surface area contributed by atoms with Gasteiger partial charge in [0, 0.05) is 5.56 Å². The summed E-state index contributed by atoms with van der Waals surface area (Å²) in [6.07, 6.45) is -4.73. The van der Waals surface area contributed by atoms with Gasteiger partial charge >= 0.3 is 12.1 Å². The number of alkyl halides is 3. The van der Waals surface area contributed by atoms with E-state index >= 15 is 0 Å². The lowest BCUT2D eigenvalue weighted by Crippen LogP contribution is -2.19. The number of hydrogen-bond acceptors (Lipinski definition) is 5. The highest BCUT2D eigenvalue weighted by Crippen LogP contribution is 2.31. The normalized spacial score (nSPS) is 11.7. The van der Waals surface area contributed by atoms with Crippen molar-refractivity contribution in [2.75, 3.05) is 0 Å². The first-order valence-electron chi connectivity index (χ1n) is 6.40. The van der Waals surface area contributed by atoms with Crippen LogP contribution in [0.2, 0.25) is 0 Å². The largest absolute Gasteiger partial charge is 0.462 e. The third-order valence-electron chi connectivity index (χ3n) is 2.54. The molecule has 1 aromatic carbocycles. The summed E-state index contributed by atoms with van der Waals surface area (Å²) in [5.74, 6) is -0.550. The number of benzene rings is 1. The molecule has 0 atom stereocenters. The fourth-order valence-electron chi connectivity index (χ4n) is 1.68. The molecule has 1 aromatic heterocycles. The van der Waals surface area contributed by atoms with E-state index in [2.05, 4.69) is 15.4 Å². The Morgan fingerprint density at radius 2 is 2.09 bits per heavy atom. The molecule has 0 aliphatic heterocycles. The first kappa shape index (κ1) is 15.9. The predicted octanol–water partition coefficient (Wildman–Crippen LogP) is 2.31. The molecule has 118 valence electrons. The molecule has 0 N–H and O–H groups in total. The summed E-state index contributed by atoms with van der Waals surface area (Å²) in [5, 5.41) is 11.2. The second kappa shape index (κ2) is 6.12. The molecule has 0 fully saturated rings. The monoisotopic (exact) mass is 314 g/mol. The number of tetrazole rings is 1. The maximum atomic E-state index is 12.7. The smallest absolute Gasteiger partial charge is 0.416 e. The number of rotatable bonds is 4. The van der Waals surface area contributed by atoms with Crippen LogP contribution in [0, 0.1) is 0 Å². The molecular formula is C13H13F3N4O2. The fraction of sp³-hybridized carbons (Fsp3) is 0.385. The number of nitrogens with zero attached hydrogens (tertiary/aromatic N) is 4. The second-order valence-electron chi connectivity index (χ2n) is 4.76. The first-order chi connectivity index (χ1) is 10.3. The minimum absolute atomic E-state index is 0.00319. The first-order valence-corrected chi connectivity index (χ1v) is 6.40. The topological polar surface area (TPSA) is 69.9 Å². The van der Waals surface area contributed by atoms with Crippen molar-refractivity contribution in [1.29, 1.82) is 0 Å². The summed E-state index contributed by atoms with van der Waals surface area (Å²) >= 11 is 0. The van der Waals surface area contributed by atoms with Crippen LogP contribution in [0.25, 0.3) is 11.4 Å². The number of ether oxygens (including phenoxy) is 1. The van der Waals surface area contributed by atoms with Gasteiger partial charge in [-0.05, 0) is 31.2 Å². The summed E-state index contributed by atoms with van der Waals surface area (Å²) in [7, 11) is 0. The van der Waals surface area contributed by atoms with Gasteiger partial charge in [-0.15, -0.1) is 10.2 Å². The third kappa shape index (κ3) is 4.03. The minimum atomic E-state index is -4.45. The van der Waals surface area contributed by atoms with Crippen molar-refractivity contribution in [1.82, 2.24) is 20.2 Å². The predicted molar refractivity (Wildman–Crippen MR) is 69.5 cm³/mol. The Bertz CT molecular complexity index is 667. The van der Waals surface area contributed by atoms with Crippen molar-refractivity contribution in [3.8, 4) is 11.4 Å². The lowest BCUT2D eigenvalue weighted by molar-refractivity contribution is -0.148. The van der Waals surface area contributed by atoms with Crippen molar-refractivity contribution >= 4 is 5.97 Å². The molecule has 2 aromatic rings. The van der Waals surface area contributed by atoms with Crippen LogP contribution in [0.1, 0.15) is 19.4 Å². The molecule has 0 saturated carbocycles. The van der Waals surface area contributed by atoms with E-state index in [1.165, 1.54) is 12.1 Å². The van der Waals surface area contributed by atoms with E-state index in [4.69, 9.17) is 4.74 Å². The maximum absolute atomic E-state index is 12.7. The summed E-state index contributed by atoms with van der Waals surface area (Å²) in [6, 6.07) is 4.57. The molecule has 9 heteroatoms. The van der Waals surface area contributed by atoms with E-state index < -0.39 is 17.7 Å². The van der Waals surface area contributed by atoms with Gasteiger partial charge in [0.15, 0.2) is 6.54 Å². The van der Waals surface area contributed by atoms with E-state index in [1.54, 1.807) is 13.8 Å². The molecule has 0 aliphatic rings. The van der Waals surface area contributed by atoms with Crippen molar-refractivity contribution in [2.45, 2.75) is 32.7 Å². The van der Waals surface area contributed by atoms with Crippen LogP contribution in [-0.2, 0) is 22.3 Å². The van der Waals surface area contributed by atoms with Crippen molar-refractivity contribution < 1.29 is 22.7 Å². The second-order valence-corrected chi connectivity index (χ2v) is 4.76. The number of hydrogen-bond donors (Lipinski definition) is 0. The van der Waals surface area contributed by atoms with Gasteiger partial charge in [0.1, 0.15) is 0 Å². The average Bonchev–Trinajstić information content (AvgIpc) is 2.85. The number of aromatic nitrogens is 4. The number of carbonyl (C=O) groups excluding carboxylic acids is 1. The molecule has 0 aliphatic carbocycles. The molecule has 0 spiro atoms. The summed E-state index contributed by atoms with van der Waals surface area (Å²) in [5.41, 5.74) is -0.640. The van der Waals surface area contributed by atoms with Crippen LogP contribution in [-0.4, -0.2) is 32.3 Å². The minimum Gasteiger partial charge on any atom is -0.462 e. The fourth-order valence-corrected chi connectivity index (χ4v) is 1.68. The van der Waals surface area contributed by atoms with Crippen LogP contribution in [0.15, 0.2) is 24.3 Å². The Kier molecular flexibility index (Phi) is 4.43. The van der Waals surface area contributed by atoms with Crippen molar-refractivity contribution in [3.63, 3.8) is 0 Å². The van der Waals surface area contributed by atoms with E-state index in [0.717, 1.165) is 16.9 Å². The molecule has 6 nitrogen and oxygen atoms in total. The standard InChI is InChI=1S/C13H13F3N4O2/c1-8(2)22-11(21)7-20-18-12(17-19-20)9-4-3-5-10(6-9)13(14,15)16/h3-6,8H,7H2,1-2H3. The van der Waals surface area contributed by atoms with Crippen LogP contribution in [0.4, 0.5) is 13.2 Å². The SMILES string of the molecule is CC(C)OC(=O)Cn1nnc(-c2cccc(C(F)(F)F)c2)n1. The molecule has 0 amide bonds. The molecular weight excluding hydrogens is 301 g/mol. The Hall–Kier alpha value is -2.45. The van der Waals surface area contributed by atoms with Gasteiger partial charge in [0.25, 0.3) is 0 Å². The van der Waals surface area contributed by atoms with Crippen LogP contribution in [0.3, 0.4) is 0 Å². The van der Waals surface area contributed by atoms with Gasteiger partial charge in [-0.1, -0.05) is 12.1 Å². The lowest BCUT2D eigenvalue weighted by Gasteiger charge is -2.07. The summed E-state index contributed by atoms with van der Waals surface area (Å²) < 4.78 is 42.9. The Balaban J connectivity index is 2.16. The number of halogens is 3. The molecule has 1 heterocycles. The van der Waals surface area contributed by atoms with Crippen LogP contribution < -0.4 is 0 Å². The molecule has 0 unspecified atom stereocenters. The van der Waals surface area contributed by atoms with Gasteiger partial charge in [0.05, 0.1) is 11.7 Å². The van der Waals surface area contributed by atoms with Crippen LogP contribution >= 0.6 is 0 Å². The highest BCUT2D eigenvalue weighted by atomic mass is 19.4. The van der Waals surface area contributed by atoms with Gasteiger partial charge < -0.3 is 4.74 Å². The zero-order valence-corrected chi connectivity index (χ0v) is 11.8. The van der Waals surface area contributed by atoms with E-state index in [-0.39, 0.29) is 24.0 Å². The zero-order chi connectivity index (χ0) is 16.3. The highest BCUT2D eigenvalue weighted by Gasteiger charge is 2.30. The van der Waals surface area contributed by atoms with Gasteiger partial charge in [0.2, 0.25) is 5.82 Å². The molecule has 0 saturated heterocycles.